The number of allylic oxidation sites excluding steroid dienone is 1. The van der Waals surface area contributed by atoms with Gasteiger partial charge in [0.15, 0.2) is 6.29 Å². The van der Waals surface area contributed by atoms with Crippen molar-refractivity contribution in [3.05, 3.63) is 78.5 Å². The second-order valence-electron chi connectivity index (χ2n) is 6.29. The number of aromatic nitrogens is 2. The highest BCUT2D eigenvalue weighted by molar-refractivity contribution is 6.07. The van der Waals surface area contributed by atoms with E-state index in [4.69, 9.17) is 4.99 Å². The topological polar surface area (TPSA) is 44.6 Å². The summed E-state index contributed by atoms with van der Waals surface area (Å²) < 4.78 is 0. The van der Waals surface area contributed by atoms with Crippen molar-refractivity contribution in [2.75, 3.05) is 20.1 Å². The molecule has 0 saturated carbocycles. The average molecular weight is 331 g/mol. The molecular formula is C20H21N5. The molecule has 0 aliphatic carbocycles. The highest BCUT2D eigenvalue weighted by Gasteiger charge is 2.26. The molecule has 2 aromatic rings. The average Bonchev–Trinajstić information content (AvgIpc) is 2.70. The molecule has 0 radical (unpaired) electrons. The molecule has 0 saturated heterocycles. The van der Waals surface area contributed by atoms with Crippen molar-refractivity contribution in [1.82, 2.24) is 19.8 Å². The number of hydrogen-bond acceptors (Lipinski definition) is 5. The number of rotatable bonds is 3. The summed E-state index contributed by atoms with van der Waals surface area (Å²) in [5, 5.41) is 0. The molecule has 1 aromatic carbocycles. The van der Waals surface area contributed by atoms with Gasteiger partial charge in [-0.25, -0.2) is 15.0 Å². The van der Waals surface area contributed by atoms with Crippen LogP contribution in [0.25, 0.3) is 5.57 Å². The van der Waals surface area contributed by atoms with E-state index in [1.165, 1.54) is 11.1 Å². The Bertz CT molecular complexity index is 810. The first-order valence-corrected chi connectivity index (χ1v) is 8.54. The van der Waals surface area contributed by atoms with Gasteiger partial charge in [0.05, 0.1) is 11.4 Å². The molecule has 0 fully saturated rings. The maximum Gasteiger partial charge on any atom is 0.179 e. The van der Waals surface area contributed by atoms with Crippen LogP contribution >= 0.6 is 0 Å². The standard InChI is InChI=1S/C20H21N5/c1-24-13-10-19(18-9-11-21-15-22-18)23-20(24)25-12-5-8-17(14-25)16-6-3-2-4-7-16/h2-4,6-11,13,15,20H,5,12,14H2,1H3. The summed E-state index contributed by atoms with van der Waals surface area (Å²) in [4.78, 5) is 17.8. The van der Waals surface area contributed by atoms with Gasteiger partial charge in [0.2, 0.25) is 0 Å². The Labute approximate surface area is 148 Å². The lowest BCUT2D eigenvalue weighted by Gasteiger charge is -2.38. The van der Waals surface area contributed by atoms with Crippen molar-refractivity contribution in [2.45, 2.75) is 12.7 Å². The smallest absolute Gasteiger partial charge is 0.179 e. The third-order valence-corrected chi connectivity index (χ3v) is 4.58. The summed E-state index contributed by atoms with van der Waals surface area (Å²) >= 11 is 0. The van der Waals surface area contributed by atoms with E-state index in [1.54, 1.807) is 12.5 Å². The van der Waals surface area contributed by atoms with E-state index in [-0.39, 0.29) is 6.29 Å². The summed E-state index contributed by atoms with van der Waals surface area (Å²) in [5.74, 6) is 0. The minimum absolute atomic E-state index is 0.0117. The summed E-state index contributed by atoms with van der Waals surface area (Å²) in [7, 11) is 2.07. The molecule has 2 aliphatic rings. The summed E-state index contributed by atoms with van der Waals surface area (Å²) in [6.45, 7) is 1.90. The second kappa shape index (κ2) is 6.99. The first kappa shape index (κ1) is 15.7. The van der Waals surface area contributed by atoms with E-state index < -0.39 is 0 Å². The molecule has 25 heavy (non-hydrogen) atoms. The van der Waals surface area contributed by atoms with Gasteiger partial charge in [0.25, 0.3) is 0 Å². The fraction of sp³-hybridized carbons (Fsp3) is 0.250. The minimum atomic E-state index is -0.0117. The molecule has 2 aliphatic heterocycles. The third kappa shape index (κ3) is 3.37. The molecule has 126 valence electrons. The predicted octanol–water partition coefficient (Wildman–Crippen LogP) is 2.80. The molecule has 1 atom stereocenters. The van der Waals surface area contributed by atoms with E-state index >= 15 is 0 Å². The molecule has 0 amide bonds. The van der Waals surface area contributed by atoms with Crippen molar-refractivity contribution in [3.63, 3.8) is 0 Å². The van der Waals surface area contributed by atoms with Crippen LogP contribution in [0.3, 0.4) is 0 Å². The van der Waals surface area contributed by atoms with Gasteiger partial charge in [-0.3, -0.25) is 4.90 Å². The summed E-state index contributed by atoms with van der Waals surface area (Å²) in [6, 6.07) is 12.5. The van der Waals surface area contributed by atoms with E-state index in [1.807, 2.05) is 12.1 Å². The van der Waals surface area contributed by atoms with E-state index in [2.05, 4.69) is 69.4 Å². The monoisotopic (exact) mass is 331 g/mol. The normalized spacial score (nSPS) is 21.0. The fourth-order valence-corrected chi connectivity index (χ4v) is 3.28. The first-order chi connectivity index (χ1) is 12.3. The molecular weight excluding hydrogens is 310 g/mol. The summed E-state index contributed by atoms with van der Waals surface area (Å²) in [6.07, 6.45) is 10.8. The van der Waals surface area contributed by atoms with Crippen molar-refractivity contribution < 1.29 is 0 Å². The number of benzene rings is 1. The van der Waals surface area contributed by atoms with Crippen LogP contribution in [0.5, 0.6) is 0 Å². The minimum Gasteiger partial charge on any atom is -0.347 e. The van der Waals surface area contributed by atoms with Crippen LogP contribution in [0.15, 0.2) is 72.3 Å². The predicted molar refractivity (Wildman–Crippen MR) is 99.9 cm³/mol. The van der Waals surface area contributed by atoms with Crippen LogP contribution in [0.1, 0.15) is 17.7 Å². The molecule has 1 unspecified atom stereocenters. The van der Waals surface area contributed by atoms with Gasteiger partial charge in [0, 0.05) is 32.5 Å². The maximum absolute atomic E-state index is 4.95. The Kier molecular flexibility index (Phi) is 4.39. The zero-order valence-electron chi connectivity index (χ0n) is 14.3. The Morgan fingerprint density at radius 1 is 1.12 bits per heavy atom. The van der Waals surface area contributed by atoms with Crippen LogP contribution in [0.4, 0.5) is 0 Å². The van der Waals surface area contributed by atoms with Gasteiger partial charge < -0.3 is 4.90 Å². The number of aliphatic imine (C=N–C) groups is 1. The third-order valence-electron chi connectivity index (χ3n) is 4.58. The zero-order chi connectivity index (χ0) is 17.1. The Balaban J connectivity index is 1.57. The van der Waals surface area contributed by atoms with Gasteiger partial charge in [-0.15, -0.1) is 0 Å². The molecule has 0 N–H and O–H groups in total. The van der Waals surface area contributed by atoms with Gasteiger partial charge in [-0.2, -0.15) is 0 Å². The van der Waals surface area contributed by atoms with E-state index in [0.29, 0.717) is 0 Å². The zero-order valence-corrected chi connectivity index (χ0v) is 14.3. The highest BCUT2D eigenvalue weighted by Crippen LogP contribution is 2.24. The van der Waals surface area contributed by atoms with Crippen LogP contribution in [-0.4, -0.2) is 51.9 Å². The Hall–Kier alpha value is -2.79. The molecule has 4 rings (SSSR count). The van der Waals surface area contributed by atoms with Crippen LogP contribution in [-0.2, 0) is 0 Å². The molecule has 3 heterocycles. The summed E-state index contributed by atoms with van der Waals surface area (Å²) in [5.41, 5.74) is 4.43. The lowest BCUT2D eigenvalue weighted by molar-refractivity contribution is 0.111. The lowest BCUT2D eigenvalue weighted by atomic mass is 10.0. The van der Waals surface area contributed by atoms with Gasteiger partial charge in [0.1, 0.15) is 6.33 Å². The van der Waals surface area contributed by atoms with Gasteiger partial charge in [-0.05, 0) is 29.7 Å². The molecule has 5 nitrogen and oxygen atoms in total. The SMILES string of the molecule is CN1C=CC(c2ccncn2)=NC1N1CCC=C(c2ccccc2)C1. The highest BCUT2D eigenvalue weighted by atomic mass is 15.4. The number of nitrogens with zero attached hydrogens (tertiary/aromatic N) is 5. The Morgan fingerprint density at radius 3 is 2.80 bits per heavy atom. The van der Waals surface area contributed by atoms with Crippen molar-refractivity contribution in [2.24, 2.45) is 4.99 Å². The molecule has 0 spiro atoms. The molecule has 0 bridgehead atoms. The molecule has 5 heteroatoms. The van der Waals surface area contributed by atoms with Gasteiger partial charge >= 0.3 is 0 Å². The number of hydrogen-bond donors (Lipinski definition) is 0. The van der Waals surface area contributed by atoms with Crippen molar-refractivity contribution in [1.29, 1.82) is 0 Å². The van der Waals surface area contributed by atoms with Crippen molar-refractivity contribution in [3.8, 4) is 0 Å². The van der Waals surface area contributed by atoms with Crippen molar-refractivity contribution >= 4 is 11.3 Å². The van der Waals surface area contributed by atoms with Crippen LogP contribution in [0, 0.1) is 0 Å². The fourth-order valence-electron chi connectivity index (χ4n) is 3.28. The molecule has 1 aromatic heterocycles. The van der Waals surface area contributed by atoms with E-state index in [9.17, 15) is 0 Å². The second-order valence-corrected chi connectivity index (χ2v) is 6.29. The maximum atomic E-state index is 4.95. The van der Waals surface area contributed by atoms with Crippen LogP contribution in [0.2, 0.25) is 0 Å². The lowest BCUT2D eigenvalue weighted by Crippen LogP contribution is -2.47. The largest absolute Gasteiger partial charge is 0.347 e. The van der Waals surface area contributed by atoms with Crippen LogP contribution < -0.4 is 0 Å². The van der Waals surface area contributed by atoms with Gasteiger partial charge in [-0.1, -0.05) is 36.4 Å². The quantitative estimate of drug-likeness (QED) is 0.867. The Morgan fingerprint density at radius 2 is 2.00 bits per heavy atom. The van der Waals surface area contributed by atoms with E-state index in [0.717, 1.165) is 30.9 Å². The first-order valence-electron chi connectivity index (χ1n) is 8.54.